The highest BCUT2D eigenvalue weighted by atomic mass is 15.0. The van der Waals surface area contributed by atoms with E-state index in [0.29, 0.717) is 6.04 Å². The fourth-order valence-corrected chi connectivity index (χ4v) is 2.07. The molecule has 1 unspecified atom stereocenters. The van der Waals surface area contributed by atoms with Gasteiger partial charge < -0.3 is 9.88 Å². The predicted molar refractivity (Wildman–Crippen MR) is 69.9 cm³/mol. The van der Waals surface area contributed by atoms with Gasteiger partial charge in [0.05, 0.1) is 11.6 Å². The summed E-state index contributed by atoms with van der Waals surface area (Å²) in [6.07, 6.45) is 2.09. The minimum atomic E-state index is 0.417. The molecule has 0 radical (unpaired) electrons. The van der Waals surface area contributed by atoms with Crippen LogP contribution in [-0.2, 0) is 0 Å². The van der Waals surface area contributed by atoms with Crippen LogP contribution in [0, 0.1) is 11.3 Å². The van der Waals surface area contributed by atoms with Gasteiger partial charge in [-0.1, -0.05) is 6.92 Å². The molecule has 0 aliphatic carbocycles. The van der Waals surface area contributed by atoms with Crippen molar-refractivity contribution in [3.8, 4) is 6.07 Å². The third-order valence-electron chi connectivity index (χ3n) is 3.01. The second kappa shape index (κ2) is 5.03. The summed E-state index contributed by atoms with van der Waals surface area (Å²) in [6.45, 7) is 6.25. The van der Waals surface area contributed by atoms with Crippen molar-refractivity contribution in [3.05, 3.63) is 36.0 Å². The van der Waals surface area contributed by atoms with Crippen LogP contribution in [0.2, 0.25) is 0 Å². The number of likely N-dealkylation sites (N-methyl/N-ethyl adjacent to an activating group) is 1. The molecule has 1 aromatic heterocycles. The lowest BCUT2D eigenvalue weighted by molar-refractivity contribution is 0.515. The Morgan fingerprint density at radius 1 is 1.41 bits per heavy atom. The minimum absolute atomic E-state index is 0.417. The molecule has 0 saturated carbocycles. The highest BCUT2D eigenvalue weighted by Gasteiger charge is 2.07. The van der Waals surface area contributed by atoms with E-state index in [0.717, 1.165) is 24.0 Å². The summed E-state index contributed by atoms with van der Waals surface area (Å²) in [6, 6.07) is 10.5. The van der Waals surface area contributed by atoms with Gasteiger partial charge >= 0.3 is 0 Å². The van der Waals surface area contributed by atoms with Gasteiger partial charge in [-0.2, -0.15) is 5.26 Å². The van der Waals surface area contributed by atoms with E-state index in [9.17, 15) is 0 Å². The van der Waals surface area contributed by atoms with E-state index in [1.807, 2.05) is 18.2 Å². The average molecular weight is 227 g/mol. The Labute approximate surface area is 102 Å². The topological polar surface area (TPSA) is 40.8 Å². The molecule has 0 bridgehead atoms. The highest BCUT2D eigenvalue weighted by molar-refractivity contribution is 5.81. The second-order valence-corrected chi connectivity index (χ2v) is 4.27. The zero-order chi connectivity index (χ0) is 12.3. The fraction of sp³-hybridized carbons (Fsp3) is 0.357. The second-order valence-electron chi connectivity index (χ2n) is 4.27. The fourth-order valence-electron chi connectivity index (χ4n) is 2.07. The number of fused-ring (bicyclic) bond motifs is 1. The van der Waals surface area contributed by atoms with Crippen molar-refractivity contribution < 1.29 is 0 Å². The van der Waals surface area contributed by atoms with Crippen molar-refractivity contribution in [3.63, 3.8) is 0 Å². The molecule has 1 heterocycles. The molecule has 88 valence electrons. The number of nitriles is 1. The molecule has 0 saturated heterocycles. The Kier molecular flexibility index (Phi) is 3.46. The zero-order valence-corrected chi connectivity index (χ0v) is 10.3. The maximum atomic E-state index is 8.86. The van der Waals surface area contributed by atoms with E-state index in [1.165, 1.54) is 5.52 Å². The Morgan fingerprint density at radius 3 is 2.94 bits per heavy atom. The molecular formula is C14H17N3. The molecule has 0 aliphatic rings. The normalized spacial score (nSPS) is 12.5. The van der Waals surface area contributed by atoms with Gasteiger partial charge in [0.2, 0.25) is 0 Å². The Hall–Kier alpha value is -1.79. The van der Waals surface area contributed by atoms with Crippen molar-refractivity contribution in [2.24, 2.45) is 0 Å². The molecular weight excluding hydrogens is 210 g/mol. The lowest BCUT2D eigenvalue weighted by Gasteiger charge is -2.15. The van der Waals surface area contributed by atoms with Crippen molar-refractivity contribution >= 4 is 10.9 Å². The number of rotatable bonds is 4. The minimum Gasteiger partial charge on any atom is -0.343 e. The molecule has 3 nitrogen and oxygen atoms in total. The SMILES string of the molecule is CCNCC(C)n1ccc2cc(C#N)ccc21. The molecule has 0 spiro atoms. The first-order chi connectivity index (χ1) is 8.26. The first-order valence-corrected chi connectivity index (χ1v) is 5.97. The zero-order valence-electron chi connectivity index (χ0n) is 10.3. The van der Waals surface area contributed by atoms with Crippen LogP contribution in [0.3, 0.4) is 0 Å². The number of hydrogen-bond donors (Lipinski definition) is 1. The van der Waals surface area contributed by atoms with E-state index >= 15 is 0 Å². The summed E-state index contributed by atoms with van der Waals surface area (Å²) in [5.74, 6) is 0. The maximum Gasteiger partial charge on any atom is 0.0991 e. The van der Waals surface area contributed by atoms with E-state index in [2.05, 4.69) is 42.1 Å². The smallest absolute Gasteiger partial charge is 0.0991 e. The number of nitrogens with zero attached hydrogens (tertiary/aromatic N) is 2. The lowest BCUT2D eigenvalue weighted by atomic mass is 10.2. The van der Waals surface area contributed by atoms with E-state index < -0.39 is 0 Å². The van der Waals surface area contributed by atoms with Gasteiger partial charge in [-0.25, -0.2) is 0 Å². The van der Waals surface area contributed by atoms with Crippen LogP contribution in [0.15, 0.2) is 30.5 Å². The average Bonchev–Trinajstić information content (AvgIpc) is 2.78. The van der Waals surface area contributed by atoms with Crippen LogP contribution in [0.4, 0.5) is 0 Å². The quantitative estimate of drug-likeness (QED) is 0.872. The summed E-state index contributed by atoms with van der Waals surface area (Å²) >= 11 is 0. The lowest BCUT2D eigenvalue weighted by Crippen LogP contribution is -2.22. The van der Waals surface area contributed by atoms with Gasteiger partial charge in [0.15, 0.2) is 0 Å². The Bertz CT molecular complexity index is 548. The number of hydrogen-bond acceptors (Lipinski definition) is 2. The standard InChI is InChI=1S/C14H17N3/c1-3-16-10-11(2)17-7-6-13-8-12(9-15)4-5-14(13)17/h4-8,11,16H,3,10H2,1-2H3. The van der Waals surface area contributed by atoms with Crippen molar-refractivity contribution in [2.45, 2.75) is 19.9 Å². The van der Waals surface area contributed by atoms with Gasteiger partial charge in [-0.05, 0) is 37.7 Å². The summed E-state index contributed by atoms with van der Waals surface area (Å²) in [7, 11) is 0. The molecule has 2 rings (SSSR count). The van der Waals surface area contributed by atoms with Crippen LogP contribution >= 0.6 is 0 Å². The van der Waals surface area contributed by atoms with E-state index in [4.69, 9.17) is 5.26 Å². The van der Waals surface area contributed by atoms with Crippen molar-refractivity contribution in [2.75, 3.05) is 13.1 Å². The Balaban J connectivity index is 2.33. The predicted octanol–water partition coefficient (Wildman–Crippen LogP) is 2.68. The van der Waals surface area contributed by atoms with Crippen LogP contribution < -0.4 is 5.32 Å². The van der Waals surface area contributed by atoms with Gasteiger partial charge in [-0.3, -0.25) is 0 Å². The van der Waals surface area contributed by atoms with Gasteiger partial charge in [0, 0.05) is 29.7 Å². The van der Waals surface area contributed by atoms with E-state index in [-0.39, 0.29) is 0 Å². The summed E-state index contributed by atoms with van der Waals surface area (Å²) < 4.78 is 2.25. The number of nitrogens with one attached hydrogen (secondary N) is 1. The first kappa shape index (κ1) is 11.7. The van der Waals surface area contributed by atoms with Crippen LogP contribution in [-0.4, -0.2) is 17.7 Å². The maximum absolute atomic E-state index is 8.86. The Morgan fingerprint density at radius 2 is 2.24 bits per heavy atom. The van der Waals surface area contributed by atoms with Crippen LogP contribution in [0.5, 0.6) is 0 Å². The molecule has 0 amide bonds. The monoisotopic (exact) mass is 227 g/mol. The van der Waals surface area contributed by atoms with Crippen LogP contribution in [0.1, 0.15) is 25.5 Å². The molecule has 3 heteroatoms. The molecule has 0 aliphatic heterocycles. The molecule has 1 atom stereocenters. The third-order valence-corrected chi connectivity index (χ3v) is 3.01. The van der Waals surface area contributed by atoms with Crippen LogP contribution in [0.25, 0.3) is 10.9 Å². The van der Waals surface area contributed by atoms with Crippen molar-refractivity contribution in [1.82, 2.24) is 9.88 Å². The molecule has 17 heavy (non-hydrogen) atoms. The summed E-state index contributed by atoms with van der Waals surface area (Å²) in [5.41, 5.74) is 1.91. The number of aromatic nitrogens is 1. The molecule has 1 N–H and O–H groups in total. The molecule has 2 aromatic rings. The molecule has 0 fully saturated rings. The van der Waals surface area contributed by atoms with Gasteiger partial charge in [0.1, 0.15) is 0 Å². The van der Waals surface area contributed by atoms with Gasteiger partial charge in [0.25, 0.3) is 0 Å². The highest BCUT2D eigenvalue weighted by Crippen LogP contribution is 2.20. The first-order valence-electron chi connectivity index (χ1n) is 5.97. The summed E-state index contributed by atoms with van der Waals surface area (Å²) in [5, 5.41) is 13.3. The van der Waals surface area contributed by atoms with E-state index in [1.54, 1.807) is 0 Å². The van der Waals surface area contributed by atoms with Crippen molar-refractivity contribution in [1.29, 1.82) is 5.26 Å². The molecule has 1 aromatic carbocycles. The summed E-state index contributed by atoms with van der Waals surface area (Å²) in [4.78, 5) is 0. The van der Waals surface area contributed by atoms with Gasteiger partial charge in [-0.15, -0.1) is 0 Å². The number of benzene rings is 1. The largest absolute Gasteiger partial charge is 0.343 e. The third kappa shape index (κ3) is 2.32.